The molecular formula is C32H35Cl2FN4O3. The molecule has 3 heterocycles. The predicted octanol–water partition coefficient (Wildman–Crippen LogP) is 5.88. The lowest BCUT2D eigenvalue weighted by Crippen LogP contribution is -2.48. The Bertz CT molecular complexity index is 1420. The van der Waals surface area contributed by atoms with Gasteiger partial charge in [0.25, 0.3) is 0 Å². The first-order valence-electron chi connectivity index (χ1n) is 14.7. The molecule has 222 valence electrons. The second kappa shape index (κ2) is 12.8. The van der Waals surface area contributed by atoms with E-state index in [-0.39, 0.29) is 23.7 Å². The van der Waals surface area contributed by atoms with Crippen LogP contribution in [-0.2, 0) is 4.79 Å². The Kier molecular flexibility index (Phi) is 8.86. The van der Waals surface area contributed by atoms with E-state index in [0.717, 1.165) is 44.3 Å². The van der Waals surface area contributed by atoms with E-state index in [9.17, 15) is 14.3 Å². The zero-order valence-corrected chi connectivity index (χ0v) is 24.8. The van der Waals surface area contributed by atoms with Gasteiger partial charge in [0.1, 0.15) is 23.5 Å². The molecule has 2 N–H and O–H groups in total. The lowest BCUT2D eigenvalue weighted by molar-refractivity contribution is -0.126. The summed E-state index contributed by atoms with van der Waals surface area (Å²) in [4.78, 5) is 22.7. The minimum atomic E-state index is -0.921. The third kappa shape index (κ3) is 6.83. The van der Waals surface area contributed by atoms with Gasteiger partial charge in [-0.1, -0.05) is 29.3 Å². The Morgan fingerprint density at radius 1 is 1.02 bits per heavy atom. The molecule has 3 fully saturated rings. The molecular weight excluding hydrogens is 578 g/mol. The molecule has 42 heavy (non-hydrogen) atoms. The van der Waals surface area contributed by atoms with Crippen LogP contribution in [0.2, 0.25) is 10.0 Å². The number of pyridine rings is 1. The van der Waals surface area contributed by atoms with Crippen LogP contribution in [0.4, 0.5) is 10.2 Å². The fourth-order valence-corrected chi connectivity index (χ4v) is 6.21. The third-order valence-electron chi connectivity index (χ3n) is 8.31. The van der Waals surface area contributed by atoms with E-state index < -0.39 is 12.1 Å². The molecule has 7 nitrogen and oxygen atoms in total. The molecule has 2 aromatic carbocycles. The zero-order chi connectivity index (χ0) is 29.2. The van der Waals surface area contributed by atoms with Crippen molar-refractivity contribution >= 4 is 34.9 Å². The molecule has 3 atom stereocenters. The summed E-state index contributed by atoms with van der Waals surface area (Å²) in [6.07, 6.45) is 4.26. The van der Waals surface area contributed by atoms with Gasteiger partial charge in [-0.3, -0.25) is 4.79 Å². The summed E-state index contributed by atoms with van der Waals surface area (Å²) in [5, 5.41) is 15.6. The number of likely N-dealkylation sites (tertiary alicyclic amines) is 1. The van der Waals surface area contributed by atoms with Crippen molar-refractivity contribution in [1.82, 2.24) is 15.2 Å². The number of rotatable bonds is 10. The first-order chi connectivity index (χ1) is 20.3. The van der Waals surface area contributed by atoms with Gasteiger partial charge in [0, 0.05) is 25.2 Å². The summed E-state index contributed by atoms with van der Waals surface area (Å²) in [5.41, 5.74) is 1.95. The molecule has 3 aromatic rings. The topological polar surface area (TPSA) is 77.9 Å². The average molecular weight is 614 g/mol. The number of hydrogen-bond donors (Lipinski definition) is 2. The minimum Gasteiger partial charge on any atom is -0.489 e. The monoisotopic (exact) mass is 612 g/mol. The van der Waals surface area contributed by atoms with Crippen molar-refractivity contribution in [3.8, 4) is 17.0 Å². The number of carbonyl (C=O) groups is 1. The van der Waals surface area contributed by atoms with E-state index in [1.54, 1.807) is 24.3 Å². The molecule has 0 spiro atoms. The number of nitrogens with one attached hydrogen (secondary N) is 1. The third-order valence-corrected chi connectivity index (χ3v) is 8.91. The SMILES string of the molecule is O=C(N[C@H](CN1CCCC1)[C@H](O)c1ccc(OC2CC2)c(Cl)c1)C1CCN(c2ccc(Cl)c(-c3ccc(F)cc3)n2)C1. The van der Waals surface area contributed by atoms with E-state index >= 15 is 0 Å². The zero-order valence-electron chi connectivity index (χ0n) is 23.3. The van der Waals surface area contributed by atoms with Crippen molar-refractivity contribution in [3.63, 3.8) is 0 Å². The average Bonchev–Trinajstić information content (AvgIpc) is 3.41. The van der Waals surface area contributed by atoms with E-state index in [0.29, 0.717) is 58.9 Å². The number of aliphatic hydroxyl groups excluding tert-OH is 1. The maximum absolute atomic E-state index is 13.6. The fraction of sp³-hybridized carbons (Fsp3) is 0.438. The summed E-state index contributed by atoms with van der Waals surface area (Å²) in [6, 6.07) is 14.6. The summed E-state index contributed by atoms with van der Waals surface area (Å²) in [6.45, 7) is 3.61. The largest absolute Gasteiger partial charge is 0.489 e. The number of halogens is 3. The van der Waals surface area contributed by atoms with Gasteiger partial charge >= 0.3 is 0 Å². The van der Waals surface area contributed by atoms with Crippen molar-refractivity contribution in [3.05, 3.63) is 76.0 Å². The Labute approximate surface area is 255 Å². The van der Waals surface area contributed by atoms with Gasteiger partial charge in [-0.15, -0.1) is 0 Å². The van der Waals surface area contributed by atoms with E-state index in [2.05, 4.69) is 15.1 Å². The maximum atomic E-state index is 13.6. The number of amides is 1. The normalized spacial score (nSPS) is 20.5. The molecule has 2 saturated heterocycles. The van der Waals surface area contributed by atoms with Crippen LogP contribution >= 0.6 is 23.2 Å². The number of aromatic nitrogens is 1. The smallest absolute Gasteiger partial charge is 0.225 e. The number of carbonyl (C=O) groups excluding carboxylic acids is 1. The lowest BCUT2D eigenvalue weighted by Gasteiger charge is -2.30. The summed E-state index contributed by atoms with van der Waals surface area (Å²) in [5.74, 6) is 0.664. The van der Waals surface area contributed by atoms with Crippen molar-refractivity contribution in [1.29, 1.82) is 0 Å². The van der Waals surface area contributed by atoms with Crippen LogP contribution in [0.1, 0.15) is 43.8 Å². The molecule has 1 aromatic heterocycles. The van der Waals surface area contributed by atoms with Crippen molar-refractivity contribution in [2.75, 3.05) is 37.6 Å². The first-order valence-corrected chi connectivity index (χ1v) is 15.4. The number of aliphatic hydroxyl groups is 1. The van der Waals surface area contributed by atoms with Gasteiger partial charge in [0.05, 0.1) is 33.8 Å². The van der Waals surface area contributed by atoms with Crippen molar-refractivity contribution in [2.24, 2.45) is 5.92 Å². The van der Waals surface area contributed by atoms with Gasteiger partial charge in [-0.25, -0.2) is 9.37 Å². The second-order valence-electron chi connectivity index (χ2n) is 11.5. The molecule has 1 aliphatic carbocycles. The number of anilines is 1. The molecule has 1 unspecified atom stereocenters. The van der Waals surface area contributed by atoms with Crippen LogP contribution < -0.4 is 15.0 Å². The summed E-state index contributed by atoms with van der Waals surface area (Å²) < 4.78 is 19.3. The van der Waals surface area contributed by atoms with E-state index in [1.807, 2.05) is 18.2 Å². The molecule has 0 radical (unpaired) electrons. The molecule has 10 heteroatoms. The summed E-state index contributed by atoms with van der Waals surface area (Å²) in [7, 11) is 0. The number of hydrogen-bond acceptors (Lipinski definition) is 6. The fourth-order valence-electron chi connectivity index (χ4n) is 5.76. The Balaban J connectivity index is 1.14. The van der Waals surface area contributed by atoms with Gasteiger partial charge in [0.15, 0.2) is 0 Å². The minimum absolute atomic E-state index is 0.0896. The number of benzene rings is 2. The number of ether oxygens (including phenoxy) is 1. The molecule has 3 aliphatic rings. The highest BCUT2D eigenvalue weighted by atomic mass is 35.5. The Hall–Kier alpha value is -2.91. The van der Waals surface area contributed by atoms with Gasteiger partial charge < -0.3 is 25.0 Å². The highest BCUT2D eigenvalue weighted by molar-refractivity contribution is 6.33. The van der Waals surface area contributed by atoms with Crippen LogP contribution in [0, 0.1) is 11.7 Å². The highest BCUT2D eigenvalue weighted by Gasteiger charge is 2.34. The van der Waals surface area contributed by atoms with Crippen molar-refractivity contribution in [2.45, 2.75) is 50.4 Å². The highest BCUT2D eigenvalue weighted by Crippen LogP contribution is 2.35. The molecule has 1 amide bonds. The Morgan fingerprint density at radius 3 is 2.50 bits per heavy atom. The van der Waals surface area contributed by atoms with E-state index in [1.165, 1.54) is 12.1 Å². The first kappa shape index (κ1) is 29.2. The van der Waals surface area contributed by atoms with Crippen LogP contribution in [-0.4, -0.2) is 65.8 Å². The maximum Gasteiger partial charge on any atom is 0.225 e. The van der Waals surface area contributed by atoms with Crippen LogP contribution in [0.25, 0.3) is 11.3 Å². The predicted molar refractivity (Wildman–Crippen MR) is 163 cm³/mol. The quantitative estimate of drug-likeness (QED) is 0.298. The van der Waals surface area contributed by atoms with Gasteiger partial charge in [-0.05, 0) is 99.3 Å². The summed E-state index contributed by atoms with van der Waals surface area (Å²) >= 11 is 12.9. The standard InChI is InChI=1S/C32H35Cl2FN4O3/c33-25-10-12-29(37-30(25)20-3-6-23(35)7-4-20)39-16-13-22(18-39)32(41)36-27(19-38-14-1-2-15-38)31(40)21-5-11-28(26(34)17-21)42-24-8-9-24/h3-7,10-12,17,22,24,27,31,40H,1-2,8-9,13-16,18-19H2,(H,36,41)/t22?,27-,31-/m1/s1. The van der Waals surface area contributed by atoms with Crippen LogP contribution in [0.15, 0.2) is 54.6 Å². The van der Waals surface area contributed by atoms with Crippen molar-refractivity contribution < 1.29 is 19.0 Å². The second-order valence-corrected chi connectivity index (χ2v) is 12.3. The molecule has 6 rings (SSSR count). The number of nitrogens with zero attached hydrogens (tertiary/aromatic N) is 3. The van der Waals surface area contributed by atoms with Crippen LogP contribution in [0.5, 0.6) is 5.75 Å². The lowest BCUT2D eigenvalue weighted by atomic mass is 10.00. The molecule has 1 saturated carbocycles. The van der Waals surface area contributed by atoms with Crippen LogP contribution in [0.3, 0.4) is 0 Å². The molecule has 2 aliphatic heterocycles. The molecule has 0 bridgehead atoms. The van der Waals surface area contributed by atoms with Gasteiger partial charge in [0.2, 0.25) is 5.91 Å². The Morgan fingerprint density at radius 2 is 1.79 bits per heavy atom. The van der Waals surface area contributed by atoms with E-state index in [4.69, 9.17) is 32.9 Å². The van der Waals surface area contributed by atoms with Gasteiger partial charge in [-0.2, -0.15) is 0 Å².